The number of carbonyl (C=O) groups is 2. The van der Waals surface area contributed by atoms with E-state index < -0.39 is 11.9 Å². The molecule has 1 amide bonds. The van der Waals surface area contributed by atoms with Crippen molar-refractivity contribution in [3.63, 3.8) is 0 Å². The first-order valence-corrected chi connectivity index (χ1v) is 9.04. The van der Waals surface area contributed by atoms with Crippen molar-refractivity contribution in [1.82, 2.24) is 4.98 Å². The van der Waals surface area contributed by atoms with Gasteiger partial charge in [-0.05, 0) is 35.9 Å². The molecule has 0 aliphatic rings. The molecule has 0 fully saturated rings. The lowest BCUT2D eigenvalue weighted by Crippen LogP contribution is -2.13. The Labute approximate surface area is 162 Å². The standard InChI is InChI=1S/C19H11ClN2O4S/c20-12-4-1-10(2-5-12)17-16(19(24)25)14(8-27-17)22-18(23)11-3-6-13-15(7-11)26-9-21-13/h1-9H,(H,22,23)(H,24,25). The van der Waals surface area contributed by atoms with Gasteiger partial charge in [-0.25, -0.2) is 9.78 Å². The molecule has 0 aliphatic carbocycles. The van der Waals surface area contributed by atoms with E-state index >= 15 is 0 Å². The van der Waals surface area contributed by atoms with Crippen molar-refractivity contribution in [3.8, 4) is 10.4 Å². The van der Waals surface area contributed by atoms with Gasteiger partial charge in [-0.1, -0.05) is 23.7 Å². The highest BCUT2D eigenvalue weighted by Crippen LogP contribution is 2.36. The summed E-state index contributed by atoms with van der Waals surface area (Å²) in [6.07, 6.45) is 1.30. The first-order chi connectivity index (χ1) is 13.0. The fourth-order valence-electron chi connectivity index (χ4n) is 2.67. The molecule has 0 spiro atoms. The molecule has 0 radical (unpaired) electrons. The zero-order chi connectivity index (χ0) is 19.0. The largest absolute Gasteiger partial charge is 0.478 e. The van der Waals surface area contributed by atoms with Crippen LogP contribution in [0.3, 0.4) is 0 Å². The van der Waals surface area contributed by atoms with E-state index in [1.807, 2.05) is 0 Å². The number of rotatable bonds is 4. The van der Waals surface area contributed by atoms with Gasteiger partial charge >= 0.3 is 5.97 Å². The summed E-state index contributed by atoms with van der Waals surface area (Å²) in [6.45, 7) is 0. The van der Waals surface area contributed by atoms with Crippen molar-refractivity contribution in [2.75, 3.05) is 5.32 Å². The van der Waals surface area contributed by atoms with Gasteiger partial charge in [0.15, 0.2) is 12.0 Å². The second-order valence-electron chi connectivity index (χ2n) is 5.65. The number of fused-ring (bicyclic) bond motifs is 1. The quantitative estimate of drug-likeness (QED) is 0.495. The number of thiophene rings is 1. The SMILES string of the molecule is O=C(Nc1csc(-c2ccc(Cl)cc2)c1C(=O)O)c1ccc2ncoc2c1. The summed E-state index contributed by atoms with van der Waals surface area (Å²) in [5, 5.41) is 14.5. The van der Waals surface area contributed by atoms with Gasteiger partial charge in [-0.2, -0.15) is 0 Å². The third kappa shape index (κ3) is 3.30. The van der Waals surface area contributed by atoms with Gasteiger partial charge in [0.1, 0.15) is 11.1 Å². The Morgan fingerprint density at radius 1 is 1.15 bits per heavy atom. The monoisotopic (exact) mass is 398 g/mol. The second-order valence-corrected chi connectivity index (χ2v) is 6.97. The number of hydrogen-bond donors (Lipinski definition) is 2. The molecule has 0 unspecified atom stereocenters. The number of carbonyl (C=O) groups excluding carboxylic acids is 1. The van der Waals surface area contributed by atoms with E-state index in [0.29, 0.717) is 32.1 Å². The molecule has 0 bridgehead atoms. The van der Waals surface area contributed by atoms with Crippen molar-refractivity contribution in [1.29, 1.82) is 0 Å². The smallest absolute Gasteiger partial charge is 0.339 e. The highest BCUT2D eigenvalue weighted by atomic mass is 35.5. The van der Waals surface area contributed by atoms with Crippen LogP contribution in [0.4, 0.5) is 5.69 Å². The average molecular weight is 399 g/mol. The van der Waals surface area contributed by atoms with Crippen molar-refractivity contribution >= 4 is 51.6 Å². The van der Waals surface area contributed by atoms with Crippen LogP contribution in [0.1, 0.15) is 20.7 Å². The summed E-state index contributed by atoms with van der Waals surface area (Å²) in [7, 11) is 0. The number of benzene rings is 2. The maximum absolute atomic E-state index is 12.6. The number of oxazole rings is 1. The van der Waals surface area contributed by atoms with Crippen LogP contribution in [0.15, 0.2) is 58.7 Å². The van der Waals surface area contributed by atoms with Gasteiger partial charge in [0.05, 0.1) is 10.6 Å². The molecule has 4 aromatic rings. The van der Waals surface area contributed by atoms with E-state index in [1.54, 1.807) is 47.8 Å². The Hall–Kier alpha value is -3.16. The number of halogens is 1. The van der Waals surface area contributed by atoms with Crippen LogP contribution in [0.25, 0.3) is 21.5 Å². The minimum Gasteiger partial charge on any atom is -0.478 e. The number of carboxylic acid groups (broad SMARTS) is 1. The Morgan fingerprint density at radius 2 is 1.93 bits per heavy atom. The number of amides is 1. The Kier molecular flexibility index (Phi) is 4.39. The molecule has 0 atom stereocenters. The molecule has 2 N–H and O–H groups in total. The summed E-state index contributed by atoms with van der Waals surface area (Å²) in [5.74, 6) is -1.56. The molecule has 6 nitrogen and oxygen atoms in total. The first-order valence-electron chi connectivity index (χ1n) is 7.78. The van der Waals surface area contributed by atoms with Crippen LogP contribution in [-0.2, 0) is 0 Å². The molecular weight excluding hydrogens is 388 g/mol. The molecule has 2 aromatic carbocycles. The summed E-state index contributed by atoms with van der Waals surface area (Å²) in [4.78, 5) is 28.9. The lowest BCUT2D eigenvalue weighted by Gasteiger charge is -2.06. The van der Waals surface area contributed by atoms with Crippen molar-refractivity contribution in [3.05, 3.63) is 70.4 Å². The van der Waals surface area contributed by atoms with E-state index in [2.05, 4.69) is 10.3 Å². The van der Waals surface area contributed by atoms with E-state index in [1.165, 1.54) is 17.7 Å². The van der Waals surface area contributed by atoms with Gasteiger partial charge in [0, 0.05) is 16.0 Å². The number of anilines is 1. The Bertz CT molecular complexity index is 1160. The fourth-order valence-corrected chi connectivity index (χ4v) is 3.79. The number of aromatic nitrogens is 1. The first kappa shape index (κ1) is 17.3. The molecule has 2 heterocycles. The zero-order valence-electron chi connectivity index (χ0n) is 13.6. The lowest BCUT2D eigenvalue weighted by molar-refractivity contribution is 0.0699. The van der Waals surface area contributed by atoms with Crippen LogP contribution in [0.5, 0.6) is 0 Å². The van der Waals surface area contributed by atoms with Crippen LogP contribution < -0.4 is 5.32 Å². The van der Waals surface area contributed by atoms with Crippen molar-refractivity contribution in [2.45, 2.75) is 0 Å². The van der Waals surface area contributed by atoms with E-state index in [4.69, 9.17) is 16.0 Å². The molecule has 0 saturated carbocycles. The topological polar surface area (TPSA) is 92.4 Å². The van der Waals surface area contributed by atoms with Crippen LogP contribution in [0.2, 0.25) is 5.02 Å². The molecule has 8 heteroatoms. The van der Waals surface area contributed by atoms with Crippen LogP contribution in [0, 0.1) is 0 Å². The third-order valence-corrected chi connectivity index (χ3v) is 5.23. The van der Waals surface area contributed by atoms with Gasteiger partial charge in [-0.15, -0.1) is 11.3 Å². The lowest BCUT2D eigenvalue weighted by atomic mass is 10.1. The Morgan fingerprint density at radius 3 is 2.67 bits per heavy atom. The number of nitrogens with zero attached hydrogens (tertiary/aromatic N) is 1. The summed E-state index contributed by atoms with van der Waals surface area (Å²) < 4.78 is 5.20. The molecular formula is C19H11ClN2O4S. The van der Waals surface area contributed by atoms with E-state index in [9.17, 15) is 14.7 Å². The van der Waals surface area contributed by atoms with Crippen LogP contribution in [-0.4, -0.2) is 22.0 Å². The third-order valence-electron chi connectivity index (χ3n) is 3.95. The fraction of sp³-hybridized carbons (Fsp3) is 0. The van der Waals surface area contributed by atoms with Crippen molar-refractivity contribution < 1.29 is 19.1 Å². The van der Waals surface area contributed by atoms with Gasteiger partial charge in [0.25, 0.3) is 5.91 Å². The number of aromatic carboxylic acids is 1. The normalized spacial score (nSPS) is 10.9. The average Bonchev–Trinajstić information content (AvgIpc) is 3.28. The molecule has 27 heavy (non-hydrogen) atoms. The highest BCUT2D eigenvalue weighted by molar-refractivity contribution is 7.14. The summed E-state index contributed by atoms with van der Waals surface area (Å²) in [5.41, 5.74) is 2.45. The second kappa shape index (κ2) is 6.86. The van der Waals surface area contributed by atoms with Gasteiger partial charge < -0.3 is 14.8 Å². The van der Waals surface area contributed by atoms with Crippen molar-refractivity contribution in [2.24, 2.45) is 0 Å². The highest BCUT2D eigenvalue weighted by Gasteiger charge is 2.21. The van der Waals surface area contributed by atoms with E-state index in [-0.39, 0.29) is 11.3 Å². The minimum absolute atomic E-state index is 0.0383. The minimum atomic E-state index is -1.12. The zero-order valence-corrected chi connectivity index (χ0v) is 15.2. The number of nitrogens with one attached hydrogen (secondary N) is 1. The molecule has 0 saturated heterocycles. The predicted molar refractivity (Wildman–Crippen MR) is 104 cm³/mol. The summed E-state index contributed by atoms with van der Waals surface area (Å²) in [6, 6.07) is 11.7. The number of carboxylic acids is 1. The van der Waals surface area contributed by atoms with E-state index in [0.717, 1.165) is 0 Å². The summed E-state index contributed by atoms with van der Waals surface area (Å²) >= 11 is 7.13. The predicted octanol–water partition coefficient (Wildman–Crippen LogP) is 5.16. The molecule has 134 valence electrons. The molecule has 4 rings (SSSR count). The van der Waals surface area contributed by atoms with Gasteiger partial charge in [-0.3, -0.25) is 4.79 Å². The molecule has 0 aliphatic heterocycles. The molecule has 2 aromatic heterocycles. The maximum atomic E-state index is 12.6. The Balaban J connectivity index is 1.68. The number of hydrogen-bond acceptors (Lipinski definition) is 5. The maximum Gasteiger partial charge on any atom is 0.339 e. The van der Waals surface area contributed by atoms with Gasteiger partial charge in [0.2, 0.25) is 0 Å². The van der Waals surface area contributed by atoms with Crippen LogP contribution >= 0.6 is 22.9 Å².